The quantitative estimate of drug-likeness (QED) is 0.158. The second-order valence-electron chi connectivity index (χ2n) is 15.4. The van der Waals surface area contributed by atoms with Gasteiger partial charge in [-0.25, -0.2) is 19.9 Å². The number of para-hydroxylation sites is 2. The van der Waals surface area contributed by atoms with Crippen molar-refractivity contribution in [2.24, 2.45) is 0 Å². The summed E-state index contributed by atoms with van der Waals surface area (Å²) in [6.07, 6.45) is 0. The average Bonchev–Trinajstić information content (AvgIpc) is 3.68. The number of rotatable bonds is 6. The maximum atomic E-state index is 5.37. The Kier molecular flexibility index (Phi) is 8.10. The highest BCUT2D eigenvalue weighted by molar-refractivity contribution is 6.28. The molecule has 0 spiro atoms. The molecule has 0 radical (unpaired) electrons. The van der Waals surface area contributed by atoms with Crippen LogP contribution in [0.5, 0.6) is 0 Å². The Morgan fingerprint density at radius 2 is 0.820 bits per heavy atom. The normalized spacial score (nSPS) is 11.6. The van der Waals surface area contributed by atoms with E-state index in [0.29, 0.717) is 17.5 Å². The lowest BCUT2D eigenvalue weighted by Gasteiger charge is -2.14. The lowest BCUT2D eigenvalue weighted by Crippen LogP contribution is -2.00. The van der Waals surface area contributed by atoms with Gasteiger partial charge in [-0.05, 0) is 63.7 Å². The Morgan fingerprint density at radius 3 is 1.49 bits per heavy atom. The molecule has 3 aromatic heterocycles. The molecular weight excluding hydrogens is 743 g/mol. The molecule has 0 N–H and O–H groups in total. The largest absolute Gasteiger partial charge is 0.309 e. The summed E-state index contributed by atoms with van der Waals surface area (Å²) in [5.41, 5.74) is 11.5. The fourth-order valence-corrected chi connectivity index (χ4v) is 9.06. The van der Waals surface area contributed by atoms with Crippen LogP contribution in [-0.2, 0) is 0 Å². The van der Waals surface area contributed by atoms with Crippen molar-refractivity contribution in [2.45, 2.75) is 0 Å². The Balaban J connectivity index is 1.10. The number of nitrogens with zero attached hydrogens (tertiary/aromatic N) is 5. The summed E-state index contributed by atoms with van der Waals surface area (Å²) in [6.45, 7) is 0. The summed E-state index contributed by atoms with van der Waals surface area (Å²) < 4.78 is 2.41. The van der Waals surface area contributed by atoms with Crippen LogP contribution in [-0.4, -0.2) is 24.5 Å². The fraction of sp³-hybridized carbons (Fsp3) is 0. The van der Waals surface area contributed by atoms with Crippen molar-refractivity contribution in [3.05, 3.63) is 212 Å². The zero-order valence-corrected chi connectivity index (χ0v) is 32.9. The third-order valence-corrected chi connectivity index (χ3v) is 11.8. The predicted molar refractivity (Wildman–Crippen MR) is 252 cm³/mol. The van der Waals surface area contributed by atoms with Crippen LogP contribution in [0.1, 0.15) is 0 Å². The zero-order chi connectivity index (χ0) is 40.3. The van der Waals surface area contributed by atoms with Crippen LogP contribution in [0.3, 0.4) is 0 Å². The molecule has 0 bridgehead atoms. The van der Waals surface area contributed by atoms with E-state index in [1.807, 2.05) is 60.7 Å². The maximum Gasteiger partial charge on any atom is 0.164 e. The SMILES string of the molecule is c1ccc(-c2nc(-c3ccccc3)nc(-c3ccc(-c4ccc5c6c7c(-c8ccccc8)nc8ccccc8c7ccc6n(-c6ccccc6)c5c4)c4ccccc34)n2)cc1. The molecule has 0 unspecified atom stereocenters. The van der Waals surface area contributed by atoms with Crippen molar-refractivity contribution in [1.29, 1.82) is 0 Å². The molecular formula is C56H35N5. The molecule has 0 aliphatic heterocycles. The van der Waals surface area contributed by atoms with Gasteiger partial charge in [0.05, 0.1) is 22.2 Å². The predicted octanol–water partition coefficient (Wildman–Crippen LogP) is 14.2. The van der Waals surface area contributed by atoms with Gasteiger partial charge >= 0.3 is 0 Å². The van der Waals surface area contributed by atoms with E-state index in [0.717, 1.165) is 82.9 Å². The van der Waals surface area contributed by atoms with Crippen LogP contribution in [0.2, 0.25) is 0 Å². The first-order valence-electron chi connectivity index (χ1n) is 20.6. The molecule has 0 saturated carbocycles. The first kappa shape index (κ1) is 34.7. The number of fused-ring (bicyclic) bond motifs is 8. The van der Waals surface area contributed by atoms with Gasteiger partial charge in [0, 0.05) is 49.5 Å². The van der Waals surface area contributed by atoms with E-state index in [2.05, 4.69) is 156 Å². The second kappa shape index (κ2) is 14.2. The molecule has 5 heteroatoms. The lowest BCUT2D eigenvalue weighted by atomic mass is 9.93. The average molecular weight is 778 g/mol. The molecule has 0 fully saturated rings. The Bertz CT molecular complexity index is 3560. The van der Waals surface area contributed by atoms with Gasteiger partial charge in [-0.3, -0.25) is 0 Å². The van der Waals surface area contributed by atoms with Crippen molar-refractivity contribution >= 4 is 54.3 Å². The van der Waals surface area contributed by atoms with Crippen molar-refractivity contribution < 1.29 is 0 Å². The fourth-order valence-electron chi connectivity index (χ4n) is 9.06. The summed E-state index contributed by atoms with van der Waals surface area (Å²) in [4.78, 5) is 20.5. The van der Waals surface area contributed by atoms with E-state index >= 15 is 0 Å². The maximum absolute atomic E-state index is 5.37. The van der Waals surface area contributed by atoms with E-state index in [1.54, 1.807) is 0 Å². The van der Waals surface area contributed by atoms with Gasteiger partial charge in [0.2, 0.25) is 0 Å². The molecule has 0 aliphatic carbocycles. The summed E-state index contributed by atoms with van der Waals surface area (Å²) in [6, 6.07) is 74.5. The van der Waals surface area contributed by atoms with E-state index in [1.165, 1.54) is 16.2 Å². The van der Waals surface area contributed by atoms with Gasteiger partial charge in [0.1, 0.15) is 0 Å². The van der Waals surface area contributed by atoms with Crippen LogP contribution >= 0.6 is 0 Å². The van der Waals surface area contributed by atoms with Crippen LogP contribution < -0.4 is 0 Å². The molecule has 12 rings (SSSR count). The minimum Gasteiger partial charge on any atom is -0.309 e. The van der Waals surface area contributed by atoms with Gasteiger partial charge in [-0.15, -0.1) is 0 Å². The Morgan fingerprint density at radius 1 is 0.295 bits per heavy atom. The molecule has 0 amide bonds. The van der Waals surface area contributed by atoms with Gasteiger partial charge in [-0.2, -0.15) is 0 Å². The monoisotopic (exact) mass is 777 g/mol. The molecule has 284 valence electrons. The van der Waals surface area contributed by atoms with E-state index in [4.69, 9.17) is 19.9 Å². The molecule has 5 nitrogen and oxygen atoms in total. The van der Waals surface area contributed by atoms with E-state index in [-0.39, 0.29) is 0 Å². The minimum absolute atomic E-state index is 0.636. The number of hydrogen-bond donors (Lipinski definition) is 0. The summed E-state index contributed by atoms with van der Waals surface area (Å²) in [7, 11) is 0. The summed E-state index contributed by atoms with van der Waals surface area (Å²) in [5, 5.41) is 8.06. The molecule has 12 aromatic rings. The molecule has 0 saturated heterocycles. The third-order valence-electron chi connectivity index (χ3n) is 11.8. The van der Waals surface area contributed by atoms with Gasteiger partial charge in [0.15, 0.2) is 17.5 Å². The Hall–Kier alpha value is -8.28. The van der Waals surface area contributed by atoms with Gasteiger partial charge in [0.25, 0.3) is 0 Å². The molecule has 0 aliphatic rings. The van der Waals surface area contributed by atoms with Crippen LogP contribution in [0, 0.1) is 0 Å². The summed E-state index contributed by atoms with van der Waals surface area (Å²) in [5.74, 6) is 1.92. The topological polar surface area (TPSA) is 56.5 Å². The van der Waals surface area contributed by atoms with Gasteiger partial charge < -0.3 is 4.57 Å². The number of hydrogen-bond acceptors (Lipinski definition) is 4. The molecule has 61 heavy (non-hydrogen) atoms. The van der Waals surface area contributed by atoms with Crippen LogP contribution in [0.25, 0.3) is 116 Å². The molecule has 9 aromatic carbocycles. The standard InChI is InChI=1S/C56H35N5/c1-5-17-36(18-6-1)53-52-45(44-27-15-16-28-48(44)57-53)33-34-49-51(52)47-30-29-39(35-50(47)61(49)40-23-11-4-12-24-40)41-31-32-46(43-26-14-13-25-42(41)43)56-59-54(37-19-7-2-8-20-37)58-55(60-56)38-21-9-3-10-22-38/h1-35H. The highest BCUT2D eigenvalue weighted by atomic mass is 15.0. The highest BCUT2D eigenvalue weighted by Crippen LogP contribution is 2.44. The van der Waals surface area contributed by atoms with Crippen LogP contribution in [0.4, 0.5) is 0 Å². The zero-order valence-electron chi connectivity index (χ0n) is 32.9. The molecule has 0 atom stereocenters. The number of pyridine rings is 1. The number of benzene rings is 9. The Labute approximate surface area is 351 Å². The summed E-state index contributed by atoms with van der Waals surface area (Å²) >= 11 is 0. The van der Waals surface area contributed by atoms with Crippen molar-refractivity contribution in [2.75, 3.05) is 0 Å². The smallest absolute Gasteiger partial charge is 0.164 e. The second-order valence-corrected chi connectivity index (χ2v) is 15.4. The van der Waals surface area contributed by atoms with E-state index < -0.39 is 0 Å². The van der Waals surface area contributed by atoms with Gasteiger partial charge in [-0.1, -0.05) is 176 Å². The van der Waals surface area contributed by atoms with E-state index in [9.17, 15) is 0 Å². The third kappa shape index (κ3) is 5.78. The highest BCUT2D eigenvalue weighted by Gasteiger charge is 2.22. The first-order chi connectivity index (χ1) is 30.3. The lowest BCUT2D eigenvalue weighted by molar-refractivity contribution is 1.08. The van der Waals surface area contributed by atoms with Crippen molar-refractivity contribution in [3.8, 4) is 62.2 Å². The first-order valence-corrected chi connectivity index (χ1v) is 20.6. The number of aromatic nitrogens is 5. The molecule has 3 heterocycles. The van der Waals surface area contributed by atoms with Crippen molar-refractivity contribution in [1.82, 2.24) is 24.5 Å². The minimum atomic E-state index is 0.636. The van der Waals surface area contributed by atoms with Crippen LogP contribution in [0.15, 0.2) is 212 Å². The van der Waals surface area contributed by atoms with Crippen molar-refractivity contribution in [3.63, 3.8) is 0 Å².